The maximum Gasteiger partial charge on any atom is 0.238 e. The van der Waals surface area contributed by atoms with Crippen LogP contribution in [0.4, 0.5) is 17.2 Å². The second kappa shape index (κ2) is 7.89. The summed E-state index contributed by atoms with van der Waals surface area (Å²) >= 11 is 12.7. The highest BCUT2D eigenvalue weighted by molar-refractivity contribution is 6.35. The van der Waals surface area contributed by atoms with E-state index in [1.807, 2.05) is 0 Å². The highest BCUT2D eigenvalue weighted by Gasteiger charge is 2.39. The minimum absolute atomic E-state index is 0.0642. The topological polar surface area (TPSA) is 60.6 Å². The van der Waals surface area contributed by atoms with E-state index in [0.717, 1.165) is 26.1 Å². The number of hydrogen-bond acceptors (Lipinski definition) is 5. The van der Waals surface area contributed by atoms with Gasteiger partial charge in [-0.3, -0.25) is 0 Å². The van der Waals surface area contributed by atoms with Gasteiger partial charge in [0.05, 0.1) is 30.5 Å². The first-order chi connectivity index (χ1) is 13.2. The summed E-state index contributed by atoms with van der Waals surface area (Å²) in [7, 11) is 0. The lowest BCUT2D eigenvalue weighted by atomic mass is 9.78. The zero-order chi connectivity index (χ0) is 18.8. The molecule has 6 nitrogen and oxygen atoms in total. The zero-order valence-corrected chi connectivity index (χ0v) is 16.0. The lowest BCUT2D eigenvalue weighted by Crippen LogP contribution is -2.46. The van der Waals surface area contributed by atoms with Gasteiger partial charge in [0.2, 0.25) is 5.88 Å². The number of fused-ring (bicyclic) bond motifs is 2. The van der Waals surface area contributed by atoms with Gasteiger partial charge in [-0.1, -0.05) is 35.7 Å². The fraction of sp³-hybridized carbons (Fsp3) is 0.421. The van der Waals surface area contributed by atoms with Crippen molar-refractivity contribution in [2.24, 2.45) is 11.8 Å². The molecular weight excluding hydrogens is 387 g/mol. The molecule has 1 aliphatic heterocycles. The summed E-state index contributed by atoms with van der Waals surface area (Å²) in [5.41, 5.74) is 1.08. The predicted octanol–water partition coefficient (Wildman–Crippen LogP) is 5.27. The van der Waals surface area contributed by atoms with Crippen molar-refractivity contribution in [1.29, 1.82) is 0 Å². The molecule has 8 heteroatoms. The van der Waals surface area contributed by atoms with Crippen LogP contribution in [0.1, 0.15) is 19.3 Å². The van der Waals surface area contributed by atoms with E-state index in [1.54, 1.807) is 18.2 Å². The van der Waals surface area contributed by atoms with Crippen molar-refractivity contribution in [3.8, 4) is 5.88 Å². The summed E-state index contributed by atoms with van der Waals surface area (Å²) in [5.74, 6) is 1.52. The minimum Gasteiger partial charge on any atom is -0.472 e. The summed E-state index contributed by atoms with van der Waals surface area (Å²) in [6.45, 7) is 8.49. The van der Waals surface area contributed by atoms with Crippen molar-refractivity contribution in [1.82, 2.24) is 9.97 Å². The van der Waals surface area contributed by atoms with Crippen LogP contribution in [-0.2, 0) is 4.74 Å². The van der Waals surface area contributed by atoms with E-state index >= 15 is 0 Å². The van der Waals surface area contributed by atoms with Crippen LogP contribution in [0.5, 0.6) is 5.88 Å². The Labute approximate surface area is 167 Å². The normalized spacial score (nSPS) is 24.1. The molecule has 2 fully saturated rings. The largest absolute Gasteiger partial charge is 0.472 e. The highest BCUT2D eigenvalue weighted by Crippen LogP contribution is 2.39. The Morgan fingerprint density at radius 2 is 1.96 bits per heavy atom. The lowest BCUT2D eigenvalue weighted by Gasteiger charge is -2.41. The van der Waals surface area contributed by atoms with Crippen molar-refractivity contribution in [2.45, 2.75) is 25.4 Å². The molecule has 2 atom stereocenters. The van der Waals surface area contributed by atoms with Crippen LogP contribution in [0.15, 0.2) is 24.5 Å². The molecule has 1 aliphatic carbocycles. The molecule has 1 aromatic carbocycles. The van der Waals surface area contributed by atoms with Gasteiger partial charge in [-0.25, -0.2) is 14.8 Å². The molecule has 140 valence electrons. The summed E-state index contributed by atoms with van der Waals surface area (Å²) in [6, 6.07) is 4.99. The molecule has 1 saturated heterocycles. The third-order valence-electron chi connectivity index (χ3n) is 5.08. The fourth-order valence-corrected chi connectivity index (χ4v) is 4.14. The number of anilines is 2. The Bertz CT molecular complexity index is 864. The highest BCUT2D eigenvalue weighted by atomic mass is 35.5. The van der Waals surface area contributed by atoms with Crippen LogP contribution in [-0.4, -0.2) is 29.3 Å². The zero-order valence-electron chi connectivity index (χ0n) is 14.5. The third kappa shape index (κ3) is 3.81. The van der Waals surface area contributed by atoms with Gasteiger partial charge in [-0.2, -0.15) is 0 Å². The Morgan fingerprint density at radius 3 is 2.67 bits per heavy atom. The first-order valence-corrected chi connectivity index (χ1v) is 9.60. The van der Waals surface area contributed by atoms with Crippen LogP contribution >= 0.6 is 23.2 Å². The molecule has 2 aromatic rings. The number of benzene rings is 1. The van der Waals surface area contributed by atoms with Crippen LogP contribution < -0.4 is 10.1 Å². The van der Waals surface area contributed by atoms with Crippen LogP contribution in [0.25, 0.3) is 4.85 Å². The van der Waals surface area contributed by atoms with E-state index in [2.05, 4.69) is 20.1 Å². The summed E-state index contributed by atoms with van der Waals surface area (Å²) < 4.78 is 11.9. The van der Waals surface area contributed by atoms with Crippen LogP contribution in [0, 0.1) is 18.4 Å². The van der Waals surface area contributed by atoms with Crippen molar-refractivity contribution < 1.29 is 9.47 Å². The number of rotatable bonds is 4. The number of ether oxygens (including phenoxy) is 2. The second-order valence-electron chi connectivity index (χ2n) is 6.81. The number of nitrogens with zero attached hydrogens (tertiary/aromatic N) is 3. The SMILES string of the molecule is [C-]#[N+]c1ccc(Nc2ncnc(OC3C4CCCC3COC4)c2Cl)c(Cl)c1. The number of hydrogen-bond donors (Lipinski definition) is 1. The van der Waals surface area contributed by atoms with Crippen LogP contribution in [0.3, 0.4) is 0 Å². The van der Waals surface area contributed by atoms with Gasteiger partial charge in [-0.05, 0) is 25.0 Å². The summed E-state index contributed by atoms with van der Waals surface area (Å²) in [4.78, 5) is 11.8. The molecule has 0 amide bonds. The van der Waals surface area contributed by atoms with Gasteiger partial charge in [0.15, 0.2) is 11.5 Å². The molecular formula is C19H18Cl2N4O2. The Morgan fingerprint density at radius 1 is 1.19 bits per heavy atom. The quantitative estimate of drug-likeness (QED) is 0.702. The maximum absolute atomic E-state index is 7.05. The number of nitrogens with one attached hydrogen (secondary N) is 1. The molecule has 2 bridgehead atoms. The van der Waals surface area contributed by atoms with Gasteiger partial charge >= 0.3 is 0 Å². The predicted molar refractivity (Wildman–Crippen MR) is 104 cm³/mol. The van der Waals surface area contributed by atoms with Gasteiger partial charge in [0, 0.05) is 11.8 Å². The molecule has 4 rings (SSSR count). The smallest absolute Gasteiger partial charge is 0.238 e. The fourth-order valence-electron chi connectivity index (χ4n) is 3.73. The molecule has 0 spiro atoms. The Balaban J connectivity index is 1.55. The lowest BCUT2D eigenvalue weighted by molar-refractivity contribution is -0.0917. The molecule has 1 N–H and O–H groups in total. The average molecular weight is 405 g/mol. The van der Waals surface area contributed by atoms with E-state index in [4.69, 9.17) is 39.2 Å². The standard InChI is InChI=1S/C19H18Cl2N4O2/c1-22-13-5-6-15(14(20)7-13)25-18-16(21)19(24-10-23-18)27-17-11-3-2-4-12(17)9-26-8-11/h5-7,10-12,17H,2-4,8-9H2,(H,23,24,25). The number of halogens is 2. The molecule has 2 heterocycles. The van der Waals surface area contributed by atoms with Gasteiger partial charge < -0.3 is 14.8 Å². The van der Waals surface area contributed by atoms with E-state index in [9.17, 15) is 0 Å². The van der Waals surface area contributed by atoms with Crippen LogP contribution in [0.2, 0.25) is 10.0 Å². The Hall–Kier alpha value is -2.07. The first-order valence-electron chi connectivity index (χ1n) is 8.84. The maximum atomic E-state index is 7.05. The van der Waals surface area contributed by atoms with E-state index in [1.165, 1.54) is 12.7 Å². The second-order valence-corrected chi connectivity index (χ2v) is 7.60. The molecule has 27 heavy (non-hydrogen) atoms. The van der Waals surface area contributed by atoms with Gasteiger partial charge in [0.1, 0.15) is 17.5 Å². The molecule has 0 radical (unpaired) electrons. The Kier molecular flexibility index (Phi) is 5.35. The van der Waals surface area contributed by atoms with Crippen molar-refractivity contribution in [2.75, 3.05) is 18.5 Å². The average Bonchev–Trinajstić information content (AvgIpc) is 2.66. The molecule has 1 saturated carbocycles. The molecule has 1 aromatic heterocycles. The van der Waals surface area contributed by atoms with Crippen molar-refractivity contribution in [3.05, 3.63) is 46.0 Å². The summed E-state index contributed by atoms with van der Waals surface area (Å²) in [5, 5.41) is 3.83. The van der Waals surface area contributed by atoms with Crippen molar-refractivity contribution in [3.63, 3.8) is 0 Å². The third-order valence-corrected chi connectivity index (χ3v) is 5.74. The van der Waals surface area contributed by atoms with Crippen molar-refractivity contribution >= 4 is 40.4 Å². The molecule has 2 aliphatic rings. The van der Waals surface area contributed by atoms with Gasteiger partial charge in [0.25, 0.3) is 0 Å². The van der Waals surface area contributed by atoms with E-state index < -0.39 is 0 Å². The van der Waals surface area contributed by atoms with E-state index in [-0.39, 0.29) is 6.10 Å². The number of aromatic nitrogens is 2. The molecule has 2 unspecified atom stereocenters. The van der Waals surface area contributed by atoms with E-state index in [0.29, 0.717) is 45.0 Å². The minimum atomic E-state index is 0.0642. The summed E-state index contributed by atoms with van der Waals surface area (Å²) in [6.07, 6.45) is 4.88. The monoisotopic (exact) mass is 404 g/mol. The van der Waals surface area contributed by atoms with Gasteiger partial charge in [-0.15, -0.1) is 0 Å². The first kappa shape index (κ1) is 18.3.